The Morgan fingerprint density at radius 2 is 1.89 bits per heavy atom. The first-order chi connectivity index (χ1) is 13.6. The van der Waals surface area contributed by atoms with E-state index in [-0.39, 0.29) is 11.9 Å². The van der Waals surface area contributed by atoms with Gasteiger partial charge in [-0.05, 0) is 30.7 Å². The van der Waals surface area contributed by atoms with Gasteiger partial charge < -0.3 is 9.80 Å². The van der Waals surface area contributed by atoms with Gasteiger partial charge in [-0.2, -0.15) is 0 Å². The van der Waals surface area contributed by atoms with Gasteiger partial charge in [0.05, 0.1) is 6.20 Å². The average Bonchev–Trinajstić information content (AvgIpc) is 3.25. The minimum atomic E-state index is -0.116. The molecular weight excluding hydrogens is 348 g/mol. The van der Waals surface area contributed by atoms with E-state index in [0.29, 0.717) is 12.0 Å². The van der Waals surface area contributed by atoms with Crippen LogP contribution in [0.15, 0.2) is 36.5 Å². The van der Waals surface area contributed by atoms with Crippen LogP contribution in [0.25, 0.3) is 0 Å². The smallest absolute Gasteiger partial charge is 0.249 e. The van der Waals surface area contributed by atoms with Gasteiger partial charge in [-0.3, -0.25) is 4.79 Å². The summed E-state index contributed by atoms with van der Waals surface area (Å²) in [5, 5.41) is 0. The molecule has 2 aliphatic rings. The van der Waals surface area contributed by atoms with Gasteiger partial charge in [0, 0.05) is 19.5 Å². The second-order valence-corrected chi connectivity index (χ2v) is 8.18. The molecule has 148 valence electrons. The zero-order chi connectivity index (χ0) is 19.7. The van der Waals surface area contributed by atoms with E-state index in [1.54, 1.807) is 4.90 Å². The number of benzene rings is 1. The highest BCUT2D eigenvalue weighted by Crippen LogP contribution is 2.39. The summed E-state index contributed by atoms with van der Waals surface area (Å²) in [5.41, 5.74) is 2.15. The number of likely N-dealkylation sites (N-methyl/N-ethyl adjacent to an activating group) is 1. The van der Waals surface area contributed by atoms with E-state index < -0.39 is 0 Å². The lowest BCUT2D eigenvalue weighted by Crippen LogP contribution is -2.55. The number of amides is 1. The molecule has 1 amide bonds. The molecule has 0 unspecified atom stereocenters. The topological polar surface area (TPSA) is 49.3 Å². The molecule has 4 rings (SSSR count). The van der Waals surface area contributed by atoms with Crippen LogP contribution in [-0.2, 0) is 11.2 Å². The Balaban J connectivity index is 1.68. The van der Waals surface area contributed by atoms with Crippen LogP contribution in [0.2, 0.25) is 0 Å². The molecule has 1 aromatic heterocycles. The summed E-state index contributed by atoms with van der Waals surface area (Å²) in [7, 11) is 1.85. The maximum atomic E-state index is 13.0. The van der Waals surface area contributed by atoms with Gasteiger partial charge in [-0.25, -0.2) is 9.97 Å². The number of fused-ring (bicyclic) bond motifs is 1. The van der Waals surface area contributed by atoms with Gasteiger partial charge >= 0.3 is 0 Å². The maximum Gasteiger partial charge on any atom is 0.249 e. The third-order valence-corrected chi connectivity index (χ3v) is 6.32. The maximum absolute atomic E-state index is 13.0. The number of nitrogens with zero attached hydrogens (tertiary/aromatic N) is 4. The van der Waals surface area contributed by atoms with Gasteiger partial charge in [0.25, 0.3) is 0 Å². The van der Waals surface area contributed by atoms with Crippen molar-refractivity contribution < 1.29 is 4.79 Å². The van der Waals surface area contributed by atoms with Crippen molar-refractivity contribution in [1.82, 2.24) is 9.97 Å². The number of hydrogen-bond donors (Lipinski definition) is 0. The Hall–Kier alpha value is -2.43. The Bertz CT molecular complexity index is 832. The highest BCUT2D eigenvalue weighted by Gasteiger charge is 2.41. The van der Waals surface area contributed by atoms with Crippen LogP contribution >= 0.6 is 0 Å². The molecule has 1 aliphatic carbocycles. The number of aromatic nitrogens is 2. The van der Waals surface area contributed by atoms with E-state index in [4.69, 9.17) is 4.98 Å². The summed E-state index contributed by atoms with van der Waals surface area (Å²) in [6.07, 6.45) is 8.21. The van der Waals surface area contributed by atoms with E-state index in [1.807, 2.05) is 19.3 Å². The molecule has 28 heavy (non-hydrogen) atoms. The number of carbonyl (C=O) groups excluding carboxylic acids is 1. The van der Waals surface area contributed by atoms with Crippen molar-refractivity contribution in [2.24, 2.45) is 0 Å². The molecule has 2 heterocycles. The Morgan fingerprint density at radius 3 is 2.57 bits per heavy atom. The predicted molar refractivity (Wildman–Crippen MR) is 113 cm³/mol. The lowest BCUT2D eigenvalue weighted by Gasteiger charge is -2.43. The monoisotopic (exact) mass is 378 g/mol. The molecule has 1 aromatic carbocycles. The zero-order valence-electron chi connectivity index (χ0n) is 17.1. The molecule has 2 aromatic rings. The van der Waals surface area contributed by atoms with Gasteiger partial charge in [0.1, 0.15) is 17.6 Å². The van der Waals surface area contributed by atoms with Gasteiger partial charge in [0.15, 0.2) is 5.82 Å². The fraction of sp³-hybridized carbons (Fsp3) is 0.522. The third-order valence-electron chi connectivity index (χ3n) is 6.32. The van der Waals surface area contributed by atoms with Crippen molar-refractivity contribution in [3.63, 3.8) is 0 Å². The largest absolute Gasteiger partial charge is 0.340 e. The van der Waals surface area contributed by atoms with E-state index in [9.17, 15) is 4.79 Å². The lowest BCUT2D eigenvalue weighted by molar-refractivity contribution is -0.120. The number of carbonyl (C=O) groups is 1. The Kier molecular flexibility index (Phi) is 5.33. The van der Waals surface area contributed by atoms with Crippen molar-refractivity contribution in [3.05, 3.63) is 47.9 Å². The lowest BCUT2D eigenvalue weighted by atomic mass is 9.97. The fourth-order valence-electron chi connectivity index (χ4n) is 4.69. The molecule has 0 saturated heterocycles. The second-order valence-electron chi connectivity index (χ2n) is 8.18. The quantitative estimate of drug-likeness (QED) is 0.777. The number of anilines is 2. The normalized spacial score (nSPS) is 21.1. The minimum absolute atomic E-state index is 0.116. The summed E-state index contributed by atoms with van der Waals surface area (Å²) in [6, 6.07) is 10.8. The molecule has 5 nitrogen and oxygen atoms in total. The average molecular weight is 379 g/mol. The van der Waals surface area contributed by atoms with Gasteiger partial charge in [-0.15, -0.1) is 0 Å². The molecular formula is C23H30N4O. The molecule has 0 N–H and O–H groups in total. The van der Waals surface area contributed by atoms with Crippen LogP contribution < -0.4 is 9.80 Å². The first-order valence-corrected chi connectivity index (χ1v) is 10.6. The van der Waals surface area contributed by atoms with Crippen LogP contribution in [0.1, 0.15) is 63.3 Å². The molecule has 5 heteroatoms. The zero-order valence-corrected chi connectivity index (χ0v) is 17.1. The summed E-state index contributed by atoms with van der Waals surface area (Å²) < 4.78 is 0. The first-order valence-electron chi connectivity index (χ1n) is 10.6. The Labute approximate surface area is 167 Å². The molecule has 0 spiro atoms. The molecule has 1 saturated carbocycles. The van der Waals surface area contributed by atoms with E-state index in [1.165, 1.54) is 18.4 Å². The van der Waals surface area contributed by atoms with Crippen molar-refractivity contribution in [1.29, 1.82) is 0 Å². The van der Waals surface area contributed by atoms with Crippen LogP contribution in [0, 0.1) is 0 Å². The third kappa shape index (κ3) is 3.38. The van der Waals surface area contributed by atoms with Crippen molar-refractivity contribution in [2.45, 2.75) is 70.4 Å². The van der Waals surface area contributed by atoms with E-state index in [2.05, 4.69) is 48.0 Å². The van der Waals surface area contributed by atoms with E-state index in [0.717, 1.165) is 43.0 Å². The molecule has 0 radical (unpaired) electrons. The summed E-state index contributed by atoms with van der Waals surface area (Å²) >= 11 is 0. The molecule has 1 fully saturated rings. The van der Waals surface area contributed by atoms with Crippen molar-refractivity contribution >= 4 is 17.4 Å². The summed E-state index contributed by atoms with van der Waals surface area (Å²) in [4.78, 5) is 26.7. The van der Waals surface area contributed by atoms with Crippen molar-refractivity contribution in [2.75, 3.05) is 16.8 Å². The van der Waals surface area contributed by atoms with Gasteiger partial charge in [-0.1, -0.05) is 57.0 Å². The van der Waals surface area contributed by atoms with Crippen molar-refractivity contribution in [3.8, 4) is 0 Å². The molecule has 1 aliphatic heterocycles. The van der Waals surface area contributed by atoms with E-state index >= 15 is 0 Å². The Morgan fingerprint density at radius 1 is 1.18 bits per heavy atom. The van der Waals surface area contributed by atoms with Crippen LogP contribution in [-0.4, -0.2) is 35.0 Å². The number of hydrogen-bond acceptors (Lipinski definition) is 4. The van der Waals surface area contributed by atoms with Crippen LogP contribution in [0.5, 0.6) is 0 Å². The highest BCUT2D eigenvalue weighted by atomic mass is 16.2. The number of rotatable bonds is 5. The summed E-state index contributed by atoms with van der Waals surface area (Å²) in [5.74, 6) is 2.32. The van der Waals surface area contributed by atoms with Crippen LogP contribution in [0.4, 0.5) is 11.5 Å². The first kappa shape index (κ1) is 18.9. The molecule has 2 atom stereocenters. The van der Waals surface area contributed by atoms with Crippen LogP contribution in [0.3, 0.4) is 0 Å². The summed E-state index contributed by atoms with van der Waals surface area (Å²) in [6.45, 7) is 4.32. The fourth-order valence-corrected chi connectivity index (χ4v) is 4.69. The highest BCUT2D eigenvalue weighted by molar-refractivity contribution is 6.04. The minimum Gasteiger partial charge on any atom is -0.340 e. The molecule has 0 bridgehead atoms. The standard InChI is InChI=1S/C23H30N4O/c1-4-19-23(28)26(3)20-15-24-21(14-16(2)17-10-6-5-7-11-17)25-22(20)27(19)18-12-8-9-13-18/h5-7,10-11,15-16,18-19H,4,8-9,12-14H2,1-3H3/t16-,19-/m1/s1. The second kappa shape index (κ2) is 7.90. The van der Waals surface area contributed by atoms with Gasteiger partial charge in [0.2, 0.25) is 5.91 Å². The predicted octanol–water partition coefficient (Wildman–Crippen LogP) is 4.33. The SMILES string of the molecule is CC[C@@H]1C(=O)N(C)c2cnc(C[C@@H](C)c3ccccc3)nc2N1C1CCCC1.